The van der Waals surface area contributed by atoms with E-state index in [-0.39, 0.29) is 35.3 Å². The molecule has 0 radical (unpaired) electrons. The molecule has 146 valence electrons. The predicted molar refractivity (Wildman–Crippen MR) is 102 cm³/mol. The maximum absolute atomic E-state index is 9.84. The van der Waals surface area contributed by atoms with E-state index < -0.39 is 0 Å². The topological polar surface area (TPSA) is 101 Å². The molecule has 28 heavy (non-hydrogen) atoms. The molecule has 0 aliphatic heterocycles. The number of azo groups is 1. The Morgan fingerprint density at radius 3 is 2.32 bits per heavy atom. The number of rotatable bonds is 6. The van der Waals surface area contributed by atoms with Gasteiger partial charge in [-0.1, -0.05) is 66.7 Å². The van der Waals surface area contributed by atoms with Gasteiger partial charge >= 0.3 is 17.1 Å². The van der Waals surface area contributed by atoms with Crippen LogP contribution < -0.4 is 0 Å². The third kappa shape index (κ3) is 5.73. The fraction of sp³-hybridized carbons (Fsp3) is 0.0500. The van der Waals surface area contributed by atoms with Gasteiger partial charge in [0, 0.05) is 5.56 Å². The van der Waals surface area contributed by atoms with Crippen molar-refractivity contribution in [2.45, 2.75) is 6.61 Å². The van der Waals surface area contributed by atoms with Crippen LogP contribution in [0.1, 0.15) is 11.1 Å². The van der Waals surface area contributed by atoms with Gasteiger partial charge in [0.2, 0.25) is 0 Å². The van der Waals surface area contributed by atoms with E-state index in [2.05, 4.69) is 25.6 Å². The van der Waals surface area contributed by atoms with E-state index in [1.807, 2.05) is 36.4 Å². The number of para-hydroxylation sites is 1. The molecule has 0 saturated carbocycles. The van der Waals surface area contributed by atoms with Crippen molar-refractivity contribution >= 4 is 17.2 Å². The average Bonchev–Trinajstić information content (AvgIpc) is 2.71. The van der Waals surface area contributed by atoms with E-state index in [4.69, 9.17) is 5.26 Å². The molecule has 0 unspecified atom stereocenters. The van der Waals surface area contributed by atoms with Gasteiger partial charge in [-0.05, 0) is 17.7 Å². The molecule has 2 N–H and O–H groups in total. The van der Waals surface area contributed by atoms with Gasteiger partial charge in [0.15, 0.2) is 5.84 Å². The van der Waals surface area contributed by atoms with Crippen LogP contribution in [0.4, 0.5) is 11.4 Å². The number of nitrogens with zero attached hydrogens (tertiary/aromatic N) is 4. The summed E-state index contributed by atoms with van der Waals surface area (Å²) in [7, 11) is 0. The number of phenolic OH excluding ortho intramolecular Hbond substituents is 1. The van der Waals surface area contributed by atoms with Crippen molar-refractivity contribution in [2.24, 2.45) is 15.3 Å². The molecule has 3 aromatic carbocycles. The van der Waals surface area contributed by atoms with Gasteiger partial charge in [-0.3, -0.25) is 5.26 Å². The zero-order valence-electron chi connectivity index (χ0n) is 14.6. The first-order valence-corrected chi connectivity index (χ1v) is 8.16. The third-order valence-electron chi connectivity index (χ3n) is 3.63. The van der Waals surface area contributed by atoms with Crippen LogP contribution in [-0.2, 0) is 28.6 Å². The summed E-state index contributed by atoms with van der Waals surface area (Å²) in [6.07, 6.45) is 0. The maximum atomic E-state index is 9.84. The molecule has 8 heteroatoms. The molecule has 0 bridgehead atoms. The zero-order chi connectivity index (χ0) is 18.9. The molecule has 0 fully saturated rings. The van der Waals surface area contributed by atoms with E-state index in [1.54, 1.807) is 36.4 Å². The van der Waals surface area contributed by atoms with Gasteiger partial charge < -0.3 is 15.6 Å². The van der Waals surface area contributed by atoms with Crippen molar-refractivity contribution in [1.82, 2.24) is 0 Å². The third-order valence-corrected chi connectivity index (χ3v) is 3.63. The van der Waals surface area contributed by atoms with E-state index in [0.29, 0.717) is 16.9 Å². The molecule has 3 aromatic rings. The Bertz CT molecular complexity index is 949. The molecule has 7 nitrogen and oxygen atoms in total. The minimum atomic E-state index is -0.00469. The summed E-state index contributed by atoms with van der Waals surface area (Å²) in [4.78, 5) is 4.20. The average molecular weight is 425 g/mol. The van der Waals surface area contributed by atoms with E-state index >= 15 is 0 Å². The molecule has 0 aliphatic rings. The molecule has 0 heterocycles. The standard InChI is InChI=1S/C20H17N4O3.Cu/c25-19-13-7-6-12-18(19)22-24-20(15-8-2-1-3-9-15)23-21-17-11-5-4-10-16(17)14-27-26;/h1-13H,14H2,(H2-,21,22,23,24,25,26);/q-1;+1. The number of aromatic hydroxyl groups is 1. The van der Waals surface area contributed by atoms with Gasteiger partial charge in [0.25, 0.3) is 0 Å². The number of phenols is 1. The second-order valence-electron chi connectivity index (χ2n) is 5.48. The SMILES string of the molecule is OOCc1ccccc1[N-]/N=C(\N=Nc1ccccc1O)c1ccccc1.[Cu+]. The second kappa shape index (κ2) is 11.0. The van der Waals surface area contributed by atoms with Crippen molar-refractivity contribution in [3.8, 4) is 5.75 Å². The second-order valence-corrected chi connectivity index (χ2v) is 5.48. The van der Waals surface area contributed by atoms with Gasteiger partial charge in [0.1, 0.15) is 18.0 Å². The normalized spacial score (nSPS) is 11.2. The smallest absolute Gasteiger partial charge is 0.573 e. The van der Waals surface area contributed by atoms with Crippen LogP contribution in [0.25, 0.3) is 5.43 Å². The summed E-state index contributed by atoms with van der Waals surface area (Å²) < 4.78 is 0. The Labute approximate surface area is 172 Å². The van der Waals surface area contributed by atoms with Crippen molar-refractivity contribution in [1.29, 1.82) is 0 Å². The first-order valence-electron chi connectivity index (χ1n) is 8.16. The van der Waals surface area contributed by atoms with Gasteiger partial charge in [-0.15, -0.1) is 15.9 Å². The molecule has 0 spiro atoms. The Balaban J connectivity index is 0.00000280. The molecule has 0 saturated heterocycles. The van der Waals surface area contributed by atoms with Gasteiger partial charge in [-0.2, -0.15) is 0 Å². The molecule has 0 aliphatic carbocycles. The minimum absolute atomic E-state index is 0. The van der Waals surface area contributed by atoms with Crippen LogP contribution in [0.2, 0.25) is 0 Å². The number of benzene rings is 3. The molecular formula is C20H17CuN4O3. The van der Waals surface area contributed by atoms with Crippen molar-refractivity contribution in [2.75, 3.05) is 0 Å². The van der Waals surface area contributed by atoms with Crippen LogP contribution in [0.3, 0.4) is 0 Å². The Hall–Kier alpha value is -3.03. The van der Waals surface area contributed by atoms with Crippen LogP contribution in [0.15, 0.2) is 94.2 Å². The molecule has 3 rings (SSSR count). The van der Waals surface area contributed by atoms with Crippen LogP contribution in [0, 0.1) is 0 Å². The maximum Gasteiger partial charge on any atom is 1.00 e. The number of hydrogen-bond donors (Lipinski definition) is 2. The van der Waals surface area contributed by atoms with E-state index in [1.165, 1.54) is 6.07 Å². The Morgan fingerprint density at radius 1 is 0.893 bits per heavy atom. The molecule has 0 aromatic heterocycles. The monoisotopic (exact) mass is 424 g/mol. The van der Waals surface area contributed by atoms with E-state index in [9.17, 15) is 5.11 Å². The zero-order valence-corrected chi connectivity index (χ0v) is 15.5. The summed E-state index contributed by atoms with van der Waals surface area (Å²) >= 11 is 0. The quantitative estimate of drug-likeness (QED) is 0.136. The fourth-order valence-corrected chi connectivity index (χ4v) is 2.27. The van der Waals surface area contributed by atoms with Crippen molar-refractivity contribution < 1.29 is 32.3 Å². The summed E-state index contributed by atoms with van der Waals surface area (Å²) in [5, 5.41) is 31.0. The summed E-state index contributed by atoms with van der Waals surface area (Å²) in [5.41, 5.74) is 6.48. The Kier molecular flexibility index (Phi) is 8.33. The fourth-order valence-electron chi connectivity index (χ4n) is 2.27. The minimum Gasteiger partial charge on any atom is -0.573 e. The predicted octanol–water partition coefficient (Wildman–Crippen LogP) is 5.53. The van der Waals surface area contributed by atoms with Crippen LogP contribution in [0.5, 0.6) is 5.75 Å². The van der Waals surface area contributed by atoms with Crippen molar-refractivity contribution in [3.63, 3.8) is 0 Å². The van der Waals surface area contributed by atoms with Crippen LogP contribution >= 0.6 is 0 Å². The summed E-state index contributed by atoms with van der Waals surface area (Å²) in [6.45, 7) is -0.00469. The largest absolute Gasteiger partial charge is 1.00 e. The number of hydrogen-bond acceptors (Lipinski definition) is 5. The first-order chi connectivity index (χ1) is 13.3. The Morgan fingerprint density at radius 2 is 1.57 bits per heavy atom. The van der Waals surface area contributed by atoms with Gasteiger partial charge in [-0.25, -0.2) is 4.89 Å². The first kappa shape index (κ1) is 21.3. The van der Waals surface area contributed by atoms with Gasteiger partial charge in [0.05, 0.1) is 0 Å². The van der Waals surface area contributed by atoms with Crippen molar-refractivity contribution in [3.05, 3.63) is 95.4 Å². The van der Waals surface area contributed by atoms with Crippen LogP contribution in [-0.4, -0.2) is 16.2 Å². The molecule has 0 atom stereocenters. The summed E-state index contributed by atoms with van der Waals surface area (Å²) in [6, 6.07) is 23.0. The molecule has 0 amide bonds. The number of amidine groups is 1. The molecular weight excluding hydrogens is 408 g/mol. The summed E-state index contributed by atoms with van der Waals surface area (Å²) in [5.74, 6) is 0.301. The van der Waals surface area contributed by atoms with E-state index in [0.717, 1.165) is 5.56 Å².